The SMILES string of the molecule is CCCCCCCCCCCCCCCCCCc1cc(O)n(NC(=O)C(=O)NC2CC(C)(C)NC(C)(C)C2)c1O. The van der Waals surface area contributed by atoms with Gasteiger partial charge in [0.25, 0.3) is 0 Å². The molecule has 41 heavy (non-hydrogen) atoms. The van der Waals surface area contributed by atoms with Crippen LogP contribution in [0.4, 0.5) is 0 Å². The van der Waals surface area contributed by atoms with Crippen LogP contribution in [0.15, 0.2) is 6.07 Å². The number of carbonyl (C=O) groups excluding carboxylic acids is 2. The average molecular weight is 577 g/mol. The van der Waals surface area contributed by atoms with Crippen LogP contribution in [-0.4, -0.2) is 43.8 Å². The summed E-state index contributed by atoms with van der Waals surface area (Å²) >= 11 is 0. The highest BCUT2D eigenvalue weighted by atomic mass is 16.3. The quantitative estimate of drug-likeness (QED) is 0.0882. The Morgan fingerprint density at radius 3 is 1.68 bits per heavy atom. The van der Waals surface area contributed by atoms with Gasteiger partial charge in [-0.25, -0.2) is 5.43 Å². The van der Waals surface area contributed by atoms with E-state index in [1.807, 2.05) is 0 Å². The first kappa shape index (κ1) is 35.0. The minimum atomic E-state index is -0.922. The first-order chi connectivity index (χ1) is 19.4. The molecule has 1 fully saturated rings. The first-order valence-corrected chi connectivity index (χ1v) is 16.5. The number of nitrogens with one attached hydrogen (secondary N) is 3. The summed E-state index contributed by atoms with van der Waals surface area (Å²) in [6, 6.07) is 1.30. The van der Waals surface area contributed by atoms with Gasteiger partial charge in [0.05, 0.1) is 0 Å². The van der Waals surface area contributed by atoms with Gasteiger partial charge in [0, 0.05) is 28.7 Å². The van der Waals surface area contributed by atoms with Crippen molar-refractivity contribution in [2.75, 3.05) is 5.43 Å². The number of hydrogen-bond acceptors (Lipinski definition) is 5. The second-order valence-electron chi connectivity index (χ2n) is 13.7. The number of hydrogen-bond donors (Lipinski definition) is 5. The van der Waals surface area contributed by atoms with Crippen LogP contribution in [0.3, 0.4) is 0 Å². The van der Waals surface area contributed by atoms with Crippen molar-refractivity contribution in [1.29, 1.82) is 0 Å². The van der Waals surface area contributed by atoms with Crippen LogP contribution < -0.4 is 16.1 Å². The smallest absolute Gasteiger partial charge is 0.328 e. The van der Waals surface area contributed by atoms with E-state index in [-0.39, 0.29) is 28.9 Å². The maximum atomic E-state index is 12.6. The van der Waals surface area contributed by atoms with Crippen molar-refractivity contribution in [2.45, 2.75) is 174 Å². The molecule has 1 saturated heterocycles. The van der Waals surface area contributed by atoms with Crippen LogP contribution in [0.1, 0.15) is 156 Å². The zero-order valence-corrected chi connectivity index (χ0v) is 26.7. The molecule has 0 atom stereocenters. The van der Waals surface area contributed by atoms with E-state index in [4.69, 9.17) is 0 Å². The summed E-state index contributed by atoms with van der Waals surface area (Å²) < 4.78 is 0.889. The van der Waals surface area contributed by atoms with Crippen molar-refractivity contribution >= 4 is 11.8 Å². The lowest BCUT2D eigenvalue weighted by Gasteiger charge is -2.46. The van der Waals surface area contributed by atoms with E-state index in [1.54, 1.807) is 0 Å². The molecule has 2 heterocycles. The molecular formula is C33H60N4O4. The molecule has 2 rings (SSSR count). The number of unbranched alkanes of at least 4 members (excludes halogenated alkanes) is 15. The Kier molecular flexibility index (Phi) is 15.1. The van der Waals surface area contributed by atoms with E-state index in [1.165, 1.54) is 89.5 Å². The Labute approximate surface area is 249 Å². The van der Waals surface area contributed by atoms with Crippen molar-refractivity contribution in [3.8, 4) is 11.8 Å². The highest BCUT2D eigenvalue weighted by Gasteiger charge is 2.38. The number of rotatable bonds is 19. The maximum Gasteiger partial charge on any atom is 0.328 e. The molecule has 0 radical (unpaired) electrons. The molecule has 0 spiro atoms. The number of aryl methyl sites for hydroxylation is 1. The number of aromatic hydroxyl groups is 2. The Bertz CT molecular complexity index is 909. The van der Waals surface area contributed by atoms with Crippen LogP contribution in [-0.2, 0) is 16.0 Å². The molecule has 2 amide bonds. The van der Waals surface area contributed by atoms with Crippen LogP contribution in [0.5, 0.6) is 11.8 Å². The Balaban J connectivity index is 1.59. The van der Waals surface area contributed by atoms with Gasteiger partial charge in [-0.15, -0.1) is 0 Å². The predicted molar refractivity (Wildman–Crippen MR) is 168 cm³/mol. The zero-order chi connectivity index (χ0) is 30.3. The lowest BCUT2D eigenvalue weighted by molar-refractivity contribution is -0.137. The molecule has 1 aliphatic heterocycles. The van der Waals surface area contributed by atoms with Crippen molar-refractivity contribution in [2.24, 2.45) is 0 Å². The van der Waals surface area contributed by atoms with Crippen molar-refractivity contribution < 1.29 is 19.8 Å². The fourth-order valence-corrected chi connectivity index (χ4v) is 6.52. The van der Waals surface area contributed by atoms with Gasteiger partial charge in [-0.2, -0.15) is 4.68 Å². The topological polar surface area (TPSA) is 116 Å². The number of aromatic nitrogens is 1. The molecule has 8 heteroatoms. The molecule has 0 bridgehead atoms. The summed E-state index contributed by atoms with van der Waals surface area (Å²) in [6.07, 6.45) is 22.7. The van der Waals surface area contributed by atoms with Crippen LogP contribution in [0.25, 0.3) is 0 Å². The Morgan fingerprint density at radius 1 is 0.780 bits per heavy atom. The molecule has 1 aromatic heterocycles. The molecule has 1 aliphatic rings. The lowest BCUT2D eigenvalue weighted by atomic mass is 9.79. The summed E-state index contributed by atoms with van der Waals surface area (Å²) in [7, 11) is 0. The van der Waals surface area contributed by atoms with Gasteiger partial charge in [0.15, 0.2) is 0 Å². The second-order valence-corrected chi connectivity index (χ2v) is 13.7. The van der Waals surface area contributed by atoms with Gasteiger partial charge < -0.3 is 20.8 Å². The highest BCUT2D eigenvalue weighted by molar-refractivity contribution is 6.38. The van der Waals surface area contributed by atoms with E-state index < -0.39 is 11.8 Å². The normalized spacial score (nSPS) is 16.5. The standard InChI is InChI=1S/C33H60N4O4/c1-6-7-8-9-10-11-12-13-14-15-16-17-18-19-20-21-22-26-23-28(38)37(31(26)41)35-30(40)29(39)34-27-24-32(2,3)36-33(4,5)25-27/h23,27,36,38,41H,6-22,24-25H2,1-5H3,(H,34,39)(H,35,40). The average Bonchev–Trinajstić information content (AvgIpc) is 3.13. The van der Waals surface area contributed by atoms with Crippen molar-refractivity contribution in [3.63, 3.8) is 0 Å². The van der Waals surface area contributed by atoms with Gasteiger partial charge in [-0.05, 0) is 53.4 Å². The summed E-state index contributed by atoms with van der Waals surface area (Å²) in [5, 5.41) is 27.2. The number of piperidine rings is 1. The van der Waals surface area contributed by atoms with Gasteiger partial charge in [0.2, 0.25) is 11.8 Å². The van der Waals surface area contributed by atoms with E-state index in [2.05, 4.69) is 50.7 Å². The minimum absolute atomic E-state index is 0.156. The summed E-state index contributed by atoms with van der Waals surface area (Å²) in [5.41, 5.74) is 2.56. The largest absolute Gasteiger partial charge is 0.493 e. The molecule has 1 aromatic rings. The van der Waals surface area contributed by atoms with E-state index >= 15 is 0 Å². The first-order valence-electron chi connectivity index (χ1n) is 16.5. The monoisotopic (exact) mass is 576 g/mol. The second kappa shape index (κ2) is 17.7. The number of nitrogens with zero attached hydrogens (tertiary/aromatic N) is 1. The third kappa shape index (κ3) is 13.5. The van der Waals surface area contributed by atoms with Crippen LogP contribution in [0.2, 0.25) is 0 Å². The zero-order valence-electron chi connectivity index (χ0n) is 26.7. The fourth-order valence-electron chi connectivity index (χ4n) is 6.52. The predicted octanol–water partition coefficient (Wildman–Crippen LogP) is 7.20. The number of carbonyl (C=O) groups is 2. The van der Waals surface area contributed by atoms with E-state index in [9.17, 15) is 19.8 Å². The molecule has 0 unspecified atom stereocenters. The van der Waals surface area contributed by atoms with Gasteiger partial charge in [0.1, 0.15) is 0 Å². The fraction of sp³-hybridized carbons (Fsp3) is 0.818. The van der Waals surface area contributed by atoms with Gasteiger partial charge in [-0.1, -0.05) is 103 Å². The van der Waals surface area contributed by atoms with Crippen molar-refractivity contribution in [1.82, 2.24) is 15.3 Å². The molecule has 8 nitrogen and oxygen atoms in total. The third-order valence-electron chi connectivity index (χ3n) is 8.28. The van der Waals surface area contributed by atoms with Gasteiger partial charge in [-0.3, -0.25) is 9.59 Å². The summed E-state index contributed by atoms with van der Waals surface area (Å²) in [5.74, 6) is -2.22. The lowest BCUT2D eigenvalue weighted by Crippen LogP contribution is -2.62. The third-order valence-corrected chi connectivity index (χ3v) is 8.28. The van der Waals surface area contributed by atoms with Crippen molar-refractivity contribution in [3.05, 3.63) is 11.6 Å². The van der Waals surface area contributed by atoms with E-state index in [0.29, 0.717) is 24.8 Å². The van der Waals surface area contributed by atoms with Crippen LogP contribution in [0, 0.1) is 0 Å². The van der Waals surface area contributed by atoms with Crippen LogP contribution >= 0.6 is 0 Å². The molecule has 0 aliphatic carbocycles. The minimum Gasteiger partial charge on any atom is -0.493 e. The van der Waals surface area contributed by atoms with Gasteiger partial charge >= 0.3 is 11.8 Å². The molecule has 0 saturated carbocycles. The molecular weight excluding hydrogens is 516 g/mol. The molecule has 0 aromatic carbocycles. The molecule has 5 N–H and O–H groups in total. The highest BCUT2D eigenvalue weighted by Crippen LogP contribution is 2.29. The summed E-state index contributed by atoms with van der Waals surface area (Å²) in [4.78, 5) is 25.1. The Hall–Kier alpha value is -2.22. The Morgan fingerprint density at radius 2 is 1.22 bits per heavy atom. The maximum absolute atomic E-state index is 12.6. The van der Waals surface area contributed by atoms with E-state index in [0.717, 1.165) is 23.9 Å². The molecule has 236 valence electrons. The summed E-state index contributed by atoms with van der Waals surface area (Å²) in [6.45, 7) is 10.6. The number of amides is 2.